The van der Waals surface area contributed by atoms with E-state index < -0.39 is 15.8 Å². The Morgan fingerprint density at radius 3 is 2.43 bits per heavy atom. The summed E-state index contributed by atoms with van der Waals surface area (Å²) in [6, 6.07) is 5.38. The number of rotatable bonds is 9. The van der Waals surface area contributed by atoms with Crippen molar-refractivity contribution in [3.8, 4) is 0 Å². The number of amides is 1. The van der Waals surface area contributed by atoms with Gasteiger partial charge in [-0.05, 0) is 44.0 Å². The first-order valence-electron chi connectivity index (χ1n) is 7.76. The van der Waals surface area contributed by atoms with Crippen LogP contribution in [0.5, 0.6) is 0 Å². The van der Waals surface area contributed by atoms with Gasteiger partial charge in [0.1, 0.15) is 5.82 Å². The van der Waals surface area contributed by atoms with Gasteiger partial charge in [-0.15, -0.1) is 0 Å². The molecule has 23 heavy (non-hydrogen) atoms. The van der Waals surface area contributed by atoms with Gasteiger partial charge in [0.05, 0.1) is 11.9 Å². The summed E-state index contributed by atoms with van der Waals surface area (Å²) < 4.78 is 37.9. The predicted molar refractivity (Wildman–Crippen MR) is 90.3 cm³/mol. The summed E-state index contributed by atoms with van der Waals surface area (Å²) in [7, 11) is -3.48. The second-order valence-electron chi connectivity index (χ2n) is 5.67. The SMILES string of the molecule is CCC[C@H](C)NC(=O)CCCN(c1ccc(F)cc1)S(C)(=O)=O. The Morgan fingerprint density at radius 2 is 1.91 bits per heavy atom. The van der Waals surface area contributed by atoms with Crippen LogP contribution in [-0.2, 0) is 14.8 Å². The predicted octanol–water partition coefficient (Wildman–Crippen LogP) is 2.68. The molecule has 0 bridgehead atoms. The second kappa shape index (κ2) is 8.86. The first-order valence-corrected chi connectivity index (χ1v) is 9.61. The highest BCUT2D eigenvalue weighted by atomic mass is 32.2. The molecule has 0 saturated carbocycles. The van der Waals surface area contributed by atoms with E-state index in [1.807, 2.05) is 6.92 Å². The van der Waals surface area contributed by atoms with Gasteiger partial charge in [-0.25, -0.2) is 12.8 Å². The van der Waals surface area contributed by atoms with Crippen molar-refractivity contribution in [1.82, 2.24) is 5.32 Å². The summed E-state index contributed by atoms with van der Waals surface area (Å²) in [6.07, 6.45) is 3.65. The number of anilines is 1. The molecule has 5 nitrogen and oxygen atoms in total. The molecule has 0 spiro atoms. The fourth-order valence-electron chi connectivity index (χ4n) is 2.33. The van der Waals surface area contributed by atoms with Crippen molar-refractivity contribution in [2.24, 2.45) is 0 Å². The maximum Gasteiger partial charge on any atom is 0.232 e. The number of halogens is 1. The molecule has 1 rings (SSSR count). The minimum absolute atomic E-state index is 0.0847. The molecule has 0 saturated heterocycles. The summed E-state index contributed by atoms with van der Waals surface area (Å²) in [6.45, 7) is 4.18. The molecule has 130 valence electrons. The summed E-state index contributed by atoms with van der Waals surface area (Å²) in [4.78, 5) is 11.8. The van der Waals surface area contributed by atoms with Crippen molar-refractivity contribution in [3.05, 3.63) is 30.1 Å². The topological polar surface area (TPSA) is 66.5 Å². The van der Waals surface area contributed by atoms with Crippen LogP contribution < -0.4 is 9.62 Å². The quantitative estimate of drug-likeness (QED) is 0.749. The van der Waals surface area contributed by atoms with Gasteiger partial charge >= 0.3 is 0 Å². The molecule has 7 heteroatoms. The fraction of sp³-hybridized carbons (Fsp3) is 0.562. The molecule has 1 amide bonds. The van der Waals surface area contributed by atoms with Crippen LogP contribution in [0, 0.1) is 5.82 Å². The van der Waals surface area contributed by atoms with Gasteiger partial charge in [0.25, 0.3) is 0 Å². The molecule has 0 radical (unpaired) electrons. The lowest BCUT2D eigenvalue weighted by atomic mass is 10.2. The van der Waals surface area contributed by atoms with Crippen LogP contribution in [0.15, 0.2) is 24.3 Å². The van der Waals surface area contributed by atoms with Crippen LogP contribution in [0.3, 0.4) is 0 Å². The van der Waals surface area contributed by atoms with Crippen molar-refractivity contribution in [1.29, 1.82) is 0 Å². The van der Waals surface area contributed by atoms with Crippen molar-refractivity contribution in [2.75, 3.05) is 17.1 Å². The number of carbonyl (C=O) groups excluding carboxylic acids is 1. The Kier molecular flexibility index (Phi) is 7.48. The average Bonchev–Trinajstić information content (AvgIpc) is 2.44. The van der Waals surface area contributed by atoms with Gasteiger partial charge in [0.15, 0.2) is 0 Å². The second-order valence-corrected chi connectivity index (χ2v) is 7.58. The number of benzene rings is 1. The van der Waals surface area contributed by atoms with Gasteiger partial charge in [-0.3, -0.25) is 9.10 Å². The zero-order valence-electron chi connectivity index (χ0n) is 13.9. The Balaban J connectivity index is 2.60. The highest BCUT2D eigenvalue weighted by molar-refractivity contribution is 7.92. The zero-order chi connectivity index (χ0) is 17.5. The minimum atomic E-state index is -3.48. The normalized spacial score (nSPS) is 12.7. The number of carbonyl (C=O) groups is 1. The lowest BCUT2D eigenvalue weighted by molar-refractivity contribution is -0.121. The number of hydrogen-bond acceptors (Lipinski definition) is 3. The molecule has 0 heterocycles. The Hall–Kier alpha value is -1.63. The van der Waals surface area contributed by atoms with Crippen LogP contribution in [0.2, 0.25) is 0 Å². The molecule has 1 aromatic rings. The molecule has 1 aromatic carbocycles. The van der Waals surface area contributed by atoms with Crippen molar-refractivity contribution >= 4 is 21.6 Å². The van der Waals surface area contributed by atoms with Crippen molar-refractivity contribution in [3.63, 3.8) is 0 Å². The van der Waals surface area contributed by atoms with Gasteiger partial charge in [-0.1, -0.05) is 13.3 Å². The summed E-state index contributed by atoms with van der Waals surface area (Å²) >= 11 is 0. The monoisotopic (exact) mass is 344 g/mol. The standard InChI is InChI=1S/C16H25FN2O3S/c1-4-6-13(2)18-16(20)7-5-12-19(23(3,21)22)15-10-8-14(17)9-11-15/h8-11,13H,4-7,12H2,1-3H3,(H,18,20)/t13-/m0/s1. The van der Waals surface area contributed by atoms with Crippen molar-refractivity contribution in [2.45, 2.75) is 45.6 Å². The van der Waals surface area contributed by atoms with E-state index in [0.717, 1.165) is 19.1 Å². The van der Waals surface area contributed by atoms with Gasteiger partial charge in [0.2, 0.25) is 15.9 Å². The number of nitrogens with zero attached hydrogens (tertiary/aromatic N) is 1. The largest absolute Gasteiger partial charge is 0.354 e. The third kappa shape index (κ3) is 6.99. The van der Waals surface area contributed by atoms with Gasteiger partial charge in [0, 0.05) is 19.0 Å². The van der Waals surface area contributed by atoms with Crippen LogP contribution >= 0.6 is 0 Å². The van der Waals surface area contributed by atoms with Crippen molar-refractivity contribution < 1.29 is 17.6 Å². The third-order valence-electron chi connectivity index (χ3n) is 3.41. The first-order chi connectivity index (χ1) is 10.7. The van der Waals surface area contributed by atoms with E-state index in [4.69, 9.17) is 0 Å². The van der Waals surface area contributed by atoms with E-state index in [9.17, 15) is 17.6 Å². The first kappa shape index (κ1) is 19.4. The van der Waals surface area contributed by atoms with Gasteiger partial charge < -0.3 is 5.32 Å². The minimum Gasteiger partial charge on any atom is -0.354 e. The maximum absolute atomic E-state index is 13.0. The molecule has 0 fully saturated rings. The van der Waals surface area contributed by atoms with E-state index in [0.29, 0.717) is 12.1 Å². The molecule has 0 unspecified atom stereocenters. The van der Waals surface area contributed by atoms with E-state index in [1.165, 1.54) is 28.6 Å². The van der Waals surface area contributed by atoms with E-state index >= 15 is 0 Å². The lowest BCUT2D eigenvalue weighted by Crippen LogP contribution is -2.34. The Morgan fingerprint density at radius 1 is 1.30 bits per heavy atom. The summed E-state index contributed by atoms with van der Waals surface area (Å²) in [5.74, 6) is -0.509. The van der Waals surface area contributed by atoms with Crippen LogP contribution in [-0.4, -0.2) is 33.2 Å². The highest BCUT2D eigenvalue weighted by Crippen LogP contribution is 2.18. The average molecular weight is 344 g/mol. The van der Waals surface area contributed by atoms with Crippen LogP contribution in [0.25, 0.3) is 0 Å². The van der Waals surface area contributed by atoms with Crippen LogP contribution in [0.1, 0.15) is 39.5 Å². The van der Waals surface area contributed by atoms with E-state index in [-0.39, 0.29) is 24.9 Å². The smallest absolute Gasteiger partial charge is 0.232 e. The zero-order valence-corrected chi connectivity index (χ0v) is 14.7. The molecule has 1 atom stereocenters. The Labute approximate surface area is 137 Å². The molecule has 0 aliphatic heterocycles. The number of nitrogens with one attached hydrogen (secondary N) is 1. The number of hydrogen-bond donors (Lipinski definition) is 1. The summed E-state index contributed by atoms with van der Waals surface area (Å²) in [5, 5.41) is 2.88. The van der Waals surface area contributed by atoms with Crippen LogP contribution in [0.4, 0.5) is 10.1 Å². The molecule has 0 aliphatic carbocycles. The molecule has 1 N–H and O–H groups in total. The molecule has 0 aliphatic rings. The molecular weight excluding hydrogens is 319 g/mol. The molecular formula is C16H25FN2O3S. The molecule has 0 aromatic heterocycles. The number of sulfonamides is 1. The summed E-state index contributed by atoms with van der Waals surface area (Å²) in [5.41, 5.74) is 0.397. The Bertz CT molecular complexity index is 602. The fourth-order valence-corrected chi connectivity index (χ4v) is 3.29. The highest BCUT2D eigenvalue weighted by Gasteiger charge is 2.17. The lowest BCUT2D eigenvalue weighted by Gasteiger charge is -2.22. The third-order valence-corrected chi connectivity index (χ3v) is 4.60. The van der Waals surface area contributed by atoms with Gasteiger partial charge in [-0.2, -0.15) is 0 Å². The van der Waals surface area contributed by atoms with E-state index in [2.05, 4.69) is 12.2 Å². The maximum atomic E-state index is 13.0. The van der Waals surface area contributed by atoms with E-state index in [1.54, 1.807) is 0 Å².